The molecule has 18 atom stereocenters. The number of carboxylic acid groups (broad SMARTS) is 1. The van der Waals surface area contributed by atoms with Crippen LogP contribution in [0.2, 0.25) is 0 Å². The standard InChI is InChI=1S/C42H68O13/c1-37(2)14-16-42(36(50)51)17-15-40(6)21(22(42)18-37)8-9-26-39(5)12-11-27(38(3,4)25(39)10-13-41(26,40)7)54-34-32(49)30(47)33(24(20-44)53-34)55-35-31(48)29(46)28(45)23(19-43)52-35/h8,22-35,43-49H,9-20H2,1-7H3,(H,50,51). The highest BCUT2D eigenvalue weighted by atomic mass is 16.7. The van der Waals surface area contributed by atoms with E-state index in [0.717, 1.165) is 57.8 Å². The summed E-state index contributed by atoms with van der Waals surface area (Å²) < 4.78 is 23.9. The smallest absolute Gasteiger partial charge is 0.310 e. The van der Waals surface area contributed by atoms with Crippen LogP contribution < -0.4 is 0 Å². The third kappa shape index (κ3) is 6.23. The number of allylic oxidation sites excluding steroid dienone is 2. The fourth-order valence-electron chi connectivity index (χ4n) is 13.7. The van der Waals surface area contributed by atoms with Gasteiger partial charge in [0.2, 0.25) is 0 Å². The molecule has 2 heterocycles. The molecule has 2 aliphatic heterocycles. The second-order valence-corrected chi connectivity index (χ2v) is 20.7. The number of carbonyl (C=O) groups is 1. The molecule has 8 N–H and O–H groups in total. The van der Waals surface area contributed by atoms with Crippen LogP contribution >= 0.6 is 0 Å². The van der Waals surface area contributed by atoms with Gasteiger partial charge in [0.25, 0.3) is 0 Å². The first-order chi connectivity index (χ1) is 25.6. The molecule has 13 nitrogen and oxygen atoms in total. The van der Waals surface area contributed by atoms with Gasteiger partial charge in [0.1, 0.15) is 48.8 Å². The lowest BCUT2D eigenvalue weighted by atomic mass is 9.33. The van der Waals surface area contributed by atoms with Gasteiger partial charge in [-0.15, -0.1) is 0 Å². The molecule has 0 radical (unpaired) electrons. The quantitative estimate of drug-likeness (QED) is 0.138. The molecular weight excluding hydrogens is 712 g/mol. The maximum Gasteiger partial charge on any atom is 0.310 e. The molecule has 0 aromatic carbocycles. The van der Waals surface area contributed by atoms with Gasteiger partial charge in [-0.2, -0.15) is 0 Å². The van der Waals surface area contributed by atoms with Crippen LogP contribution in [0.15, 0.2) is 11.6 Å². The third-order valence-electron chi connectivity index (χ3n) is 17.3. The van der Waals surface area contributed by atoms with Crippen molar-refractivity contribution in [1.82, 2.24) is 0 Å². The molecule has 0 amide bonds. The predicted molar refractivity (Wildman–Crippen MR) is 198 cm³/mol. The summed E-state index contributed by atoms with van der Waals surface area (Å²) in [6, 6.07) is 0. The lowest BCUT2D eigenvalue weighted by molar-refractivity contribution is -0.368. The van der Waals surface area contributed by atoms with Crippen LogP contribution in [0.3, 0.4) is 0 Å². The van der Waals surface area contributed by atoms with E-state index in [9.17, 15) is 45.6 Å². The first-order valence-electron chi connectivity index (χ1n) is 20.8. The van der Waals surface area contributed by atoms with Crippen molar-refractivity contribution in [3.63, 3.8) is 0 Å². The average molecular weight is 781 g/mol. The molecule has 55 heavy (non-hydrogen) atoms. The molecule has 0 spiro atoms. The van der Waals surface area contributed by atoms with Crippen LogP contribution in [0.25, 0.3) is 0 Å². The molecule has 2 saturated heterocycles. The van der Waals surface area contributed by atoms with Crippen molar-refractivity contribution in [3.05, 3.63) is 11.6 Å². The fourth-order valence-corrected chi connectivity index (χ4v) is 13.7. The molecule has 0 aromatic heterocycles. The van der Waals surface area contributed by atoms with Crippen molar-refractivity contribution in [2.75, 3.05) is 13.2 Å². The summed E-state index contributed by atoms with van der Waals surface area (Å²) in [5, 5.41) is 84.2. The number of fused-ring (bicyclic) bond motifs is 7. The van der Waals surface area contributed by atoms with Gasteiger partial charge in [-0.05, 0) is 109 Å². The van der Waals surface area contributed by atoms with E-state index in [1.165, 1.54) is 5.57 Å². The Kier molecular flexibility index (Phi) is 10.8. The van der Waals surface area contributed by atoms with Gasteiger partial charge in [0.05, 0.1) is 24.7 Å². The van der Waals surface area contributed by atoms with Gasteiger partial charge in [-0.25, -0.2) is 0 Å². The van der Waals surface area contributed by atoms with Gasteiger partial charge < -0.3 is 59.8 Å². The average Bonchev–Trinajstić information content (AvgIpc) is 3.12. The number of ether oxygens (including phenoxy) is 4. The topological polar surface area (TPSA) is 216 Å². The van der Waals surface area contributed by atoms with E-state index in [-0.39, 0.29) is 45.0 Å². The highest BCUT2D eigenvalue weighted by Gasteiger charge is 2.69. The minimum Gasteiger partial charge on any atom is -0.481 e. The summed E-state index contributed by atoms with van der Waals surface area (Å²) in [6.45, 7) is 15.1. The van der Waals surface area contributed by atoms with Crippen molar-refractivity contribution in [3.8, 4) is 0 Å². The molecule has 18 unspecified atom stereocenters. The summed E-state index contributed by atoms with van der Waals surface area (Å²) in [6.07, 6.45) is -4.17. The number of aliphatic hydroxyl groups is 7. The zero-order valence-corrected chi connectivity index (χ0v) is 33.8. The zero-order valence-electron chi connectivity index (χ0n) is 33.8. The van der Waals surface area contributed by atoms with Crippen molar-refractivity contribution < 1.29 is 64.6 Å². The third-order valence-corrected chi connectivity index (χ3v) is 17.3. The minimum atomic E-state index is -1.74. The van der Waals surface area contributed by atoms with E-state index >= 15 is 0 Å². The van der Waals surface area contributed by atoms with Crippen LogP contribution in [0, 0.1) is 50.2 Å². The Balaban J connectivity index is 1.08. The van der Waals surface area contributed by atoms with Crippen LogP contribution in [-0.4, -0.2) is 128 Å². The highest BCUT2D eigenvalue weighted by Crippen LogP contribution is 2.76. The number of hydrogen-bond donors (Lipinski definition) is 8. The van der Waals surface area contributed by atoms with Gasteiger partial charge >= 0.3 is 5.97 Å². The maximum atomic E-state index is 13.0. The van der Waals surface area contributed by atoms with Crippen LogP contribution in [-0.2, 0) is 23.7 Å². The van der Waals surface area contributed by atoms with Crippen LogP contribution in [0.1, 0.15) is 113 Å². The normalized spacial score (nSPS) is 53.2. The second-order valence-electron chi connectivity index (χ2n) is 20.7. The monoisotopic (exact) mass is 780 g/mol. The number of aliphatic hydroxyl groups excluding tert-OH is 7. The zero-order chi connectivity index (χ0) is 40.3. The van der Waals surface area contributed by atoms with Gasteiger partial charge in [-0.3, -0.25) is 4.79 Å². The molecule has 0 aromatic rings. The maximum absolute atomic E-state index is 13.0. The van der Waals surface area contributed by atoms with E-state index in [0.29, 0.717) is 12.3 Å². The fraction of sp³-hybridized carbons (Fsp3) is 0.929. The number of rotatable bonds is 7. The summed E-state index contributed by atoms with van der Waals surface area (Å²) in [4.78, 5) is 13.0. The van der Waals surface area contributed by atoms with Crippen molar-refractivity contribution >= 4 is 5.97 Å². The van der Waals surface area contributed by atoms with Gasteiger partial charge in [0, 0.05) is 0 Å². The van der Waals surface area contributed by atoms with Crippen molar-refractivity contribution in [2.24, 2.45) is 50.2 Å². The van der Waals surface area contributed by atoms with Crippen molar-refractivity contribution in [2.45, 2.75) is 180 Å². The molecule has 5 aliphatic carbocycles. The number of carboxylic acids is 1. The Morgan fingerprint density at radius 3 is 2.00 bits per heavy atom. The summed E-state index contributed by atoms with van der Waals surface area (Å²) in [5.74, 6) is 0.0886. The first-order valence-corrected chi connectivity index (χ1v) is 20.8. The Morgan fingerprint density at radius 1 is 0.727 bits per heavy atom. The summed E-state index contributed by atoms with van der Waals surface area (Å²) in [5.41, 5.74) is 0.344. The Labute approximate surface area is 325 Å². The SMILES string of the molecule is CC1(C)CCC2(C(=O)O)CCC3(C)C(=CCC4C5(C)CCC(OC6OC(CO)C(OC7OC(CO)C(O)C(O)C7O)C(O)C6O)C(C)(C)C5CCC43C)C2C1. The van der Waals surface area contributed by atoms with E-state index in [1.807, 2.05) is 0 Å². The van der Waals surface area contributed by atoms with E-state index in [1.54, 1.807) is 0 Å². The lowest BCUT2D eigenvalue weighted by Crippen LogP contribution is -2.66. The van der Waals surface area contributed by atoms with Gasteiger partial charge in [0.15, 0.2) is 12.6 Å². The van der Waals surface area contributed by atoms with Crippen LogP contribution in [0.4, 0.5) is 0 Å². The Morgan fingerprint density at radius 2 is 1.35 bits per heavy atom. The molecule has 13 heteroatoms. The lowest BCUT2D eigenvalue weighted by Gasteiger charge is -2.71. The van der Waals surface area contributed by atoms with Crippen molar-refractivity contribution in [1.29, 1.82) is 0 Å². The molecule has 6 fully saturated rings. The van der Waals surface area contributed by atoms with Crippen LogP contribution in [0.5, 0.6) is 0 Å². The molecule has 0 bridgehead atoms. The van der Waals surface area contributed by atoms with Gasteiger partial charge in [-0.1, -0.05) is 60.1 Å². The molecule has 7 aliphatic rings. The molecule has 314 valence electrons. The first kappa shape index (κ1) is 41.9. The second kappa shape index (κ2) is 14.2. The van der Waals surface area contributed by atoms with E-state index in [2.05, 4.69) is 54.5 Å². The largest absolute Gasteiger partial charge is 0.481 e. The molecule has 4 saturated carbocycles. The molecular formula is C42H68O13. The Hall–Kier alpha value is -1.23. The number of hydrogen-bond acceptors (Lipinski definition) is 12. The summed E-state index contributed by atoms with van der Waals surface area (Å²) >= 11 is 0. The predicted octanol–water partition coefficient (Wildman–Crippen LogP) is 2.88. The highest BCUT2D eigenvalue weighted by molar-refractivity contribution is 5.76. The van der Waals surface area contributed by atoms with E-state index in [4.69, 9.17) is 18.9 Å². The Bertz CT molecular complexity index is 1480. The molecule has 7 rings (SSSR count). The van der Waals surface area contributed by atoms with E-state index < -0.39 is 86.0 Å². The minimum absolute atomic E-state index is 0.00451. The summed E-state index contributed by atoms with van der Waals surface area (Å²) in [7, 11) is 0. The number of aliphatic carboxylic acids is 1.